The first-order valence-corrected chi connectivity index (χ1v) is 10.4. The van der Waals surface area contributed by atoms with Crippen LogP contribution in [0.5, 0.6) is 5.75 Å². The van der Waals surface area contributed by atoms with Gasteiger partial charge in [0.1, 0.15) is 11.8 Å². The van der Waals surface area contributed by atoms with E-state index < -0.39 is 16.1 Å². The number of nitrogens with zero attached hydrogens (tertiary/aromatic N) is 1. The predicted octanol–water partition coefficient (Wildman–Crippen LogP) is 1.63. The Hall–Kier alpha value is -1.35. The summed E-state index contributed by atoms with van der Waals surface area (Å²) in [5, 5.41) is 3.20. The van der Waals surface area contributed by atoms with Gasteiger partial charge in [0.2, 0.25) is 15.9 Å². The quantitative estimate of drug-likeness (QED) is 0.701. The monoisotopic (exact) mass is 419 g/mol. The molecule has 1 aromatic carbocycles. The number of sulfonamides is 1. The number of methoxy groups -OCH3 is 1. The van der Waals surface area contributed by atoms with Crippen molar-refractivity contribution in [1.82, 2.24) is 14.9 Å². The number of nitrogens with one attached hydrogen (secondary N) is 2. The van der Waals surface area contributed by atoms with Gasteiger partial charge in [-0.15, -0.1) is 12.4 Å². The summed E-state index contributed by atoms with van der Waals surface area (Å²) < 4.78 is 33.1. The average Bonchev–Trinajstić information content (AvgIpc) is 2.65. The Morgan fingerprint density at radius 2 is 1.89 bits per heavy atom. The Morgan fingerprint density at radius 1 is 1.26 bits per heavy atom. The number of hydrogen-bond donors (Lipinski definition) is 2. The van der Waals surface area contributed by atoms with E-state index in [0.29, 0.717) is 18.8 Å². The Bertz CT molecular complexity index is 710. The van der Waals surface area contributed by atoms with Crippen LogP contribution in [0.3, 0.4) is 0 Å². The molecule has 154 valence electrons. The lowest BCUT2D eigenvalue weighted by Crippen LogP contribution is -2.55. The van der Waals surface area contributed by atoms with Crippen molar-refractivity contribution in [1.29, 1.82) is 0 Å². The first-order valence-electron chi connectivity index (χ1n) is 8.91. The Morgan fingerprint density at radius 3 is 2.41 bits per heavy atom. The van der Waals surface area contributed by atoms with Crippen molar-refractivity contribution in [2.24, 2.45) is 5.92 Å². The molecule has 0 bridgehead atoms. The highest BCUT2D eigenvalue weighted by atomic mass is 35.5. The van der Waals surface area contributed by atoms with E-state index in [4.69, 9.17) is 4.74 Å². The molecule has 2 unspecified atom stereocenters. The molecule has 27 heavy (non-hydrogen) atoms. The van der Waals surface area contributed by atoms with Gasteiger partial charge in [0.25, 0.3) is 0 Å². The third-order valence-electron chi connectivity index (χ3n) is 4.73. The van der Waals surface area contributed by atoms with Gasteiger partial charge in [-0.05, 0) is 50.1 Å². The van der Waals surface area contributed by atoms with E-state index in [1.165, 1.54) is 19.2 Å². The van der Waals surface area contributed by atoms with Gasteiger partial charge >= 0.3 is 0 Å². The SMILES string of the molecule is CNC1CCCN(C(=O)C(NS(=O)(=O)c2ccc(OC)cc2)C(C)C)C1.Cl. The summed E-state index contributed by atoms with van der Waals surface area (Å²) in [6, 6.07) is 5.57. The van der Waals surface area contributed by atoms with Crippen LogP contribution < -0.4 is 14.8 Å². The van der Waals surface area contributed by atoms with Crippen LogP contribution in [0.2, 0.25) is 0 Å². The summed E-state index contributed by atoms with van der Waals surface area (Å²) in [6.07, 6.45) is 1.93. The summed E-state index contributed by atoms with van der Waals surface area (Å²) in [5.41, 5.74) is 0. The fourth-order valence-corrected chi connectivity index (χ4v) is 4.41. The summed E-state index contributed by atoms with van der Waals surface area (Å²) in [5.74, 6) is 0.245. The van der Waals surface area contributed by atoms with E-state index in [2.05, 4.69) is 10.0 Å². The maximum absolute atomic E-state index is 13.0. The summed E-state index contributed by atoms with van der Waals surface area (Å²) in [7, 11) is -0.401. The van der Waals surface area contributed by atoms with Crippen LogP contribution >= 0.6 is 12.4 Å². The van der Waals surface area contributed by atoms with E-state index >= 15 is 0 Å². The Labute approximate surface area is 168 Å². The van der Waals surface area contributed by atoms with Crippen molar-refractivity contribution >= 4 is 28.3 Å². The fourth-order valence-electron chi connectivity index (χ4n) is 3.07. The number of likely N-dealkylation sites (N-methyl/N-ethyl adjacent to an activating group) is 1. The predicted molar refractivity (Wildman–Crippen MR) is 108 cm³/mol. The highest BCUT2D eigenvalue weighted by molar-refractivity contribution is 7.89. The van der Waals surface area contributed by atoms with Gasteiger partial charge in [-0.3, -0.25) is 4.79 Å². The number of hydrogen-bond acceptors (Lipinski definition) is 5. The number of piperidine rings is 1. The molecule has 7 nitrogen and oxygen atoms in total. The highest BCUT2D eigenvalue weighted by Gasteiger charge is 2.33. The third-order valence-corrected chi connectivity index (χ3v) is 6.18. The number of rotatable bonds is 7. The second kappa shape index (κ2) is 10.3. The van der Waals surface area contributed by atoms with Crippen molar-refractivity contribution in [2.45, 2.75) is 43.7 Å². The third kappa shape index (κ3) is 6.07. The van der Waals surface area contributed by atoms with Gasteiger partial charge in [0.05, 0.1) is 12.0 Å². The lowest BCUT2D eigenvalue weighted by Gasteiger charge is -2.35. The number of carbonyl (C=O) groups is 1. The molecule has 2 N–H and O–H groups in total. The second-order valence-electron chi connectivity index (χ2n) is 6.93. The fraction of sp³-hybridized carbons (Fsp3) is 0.611. The molecular weight excluding hydrogens is 390 g/mol. The molecule has 9 heteroatoms. The average molecular weight is 420 g/mol. The summed E-state index contributed by atoms with van der Waals surface area (Å²) in [6.45, 7) is 4.95. The zero-order valence-corrected chi connectivity index (χ0v) is 17.9. The maximum atomic E-state index is 13.0. The number of ether oxygens (including phenoxy) is 1. The molecule has 0 spiro atoms. The normalized spacial score (nSPS) is 18.7. The summed E-state index contributed by atoms with van der Waals surface area (Å²) >= 11 is 0. The number of halogens is 1. The van der Waals surface area contributed by atoms with Crippen molar-refractivity contribution in [3.8, 4) is 5.75 Å². The van der Waals surface area contributed by atoms with Crippen LogP contribution in [-0.4, -0.2) is 58.6 Å². The van der Waals surface area contributed by atoms with Crippen molar-refractivity contribution in [3.63, 3.8) is 0 Å². The minimum absolute atomic E-state index is 0. The molecule has 1 fully saturated rings. The maximum Gasteiger partial charge on any atom is 0.241 e. The van der Waals surface area contributed by atoms with Gasteiger partial charge in [0.15, 0.2) is 0 Å². The van der Waals surface area contributed by atoms with Crippen molar-refractivity contribution in [3.05, 3.63) is 24.3 Å². The first kappa shape index (κ1) is 23.7. The second-order valence-corrected chi connectivity index (χ2v) is 8.64. The molecule has 1 amide bonds. The standard InChI is InChI=1S/C18H29N3O4S.ClH/c1-13(2)17(18(22)21-11-5-6-14(12-21)19-3)20-26(23,24)16-9-7-15(25-4)8-10-16;/h7-10,13-14,17,19-20H,5-6,11-12H2,1-4H3;1H. The molecular formula is C18H30ClN3O4S. The Kier molecular flexibility index (Phi) is 9.01. The van der Waals surface area contributed by atoms with E-state index in [9.17, 15) is 13.2 Å². The van der Waals surface area contributed by atoms with Crippen molar-refractivity contribution < 1.29 is 17.9 Å². The van der Waals surface area contributed by atoms with Crippen LogP contribution in [0.15, 0.2) is 29.2 Å². The number of benzene rings is 1. The molecule has 0 aliphatic carbocycles. The highest BCUT2D eigenvalue weighted by Crippen LogP contribution is 2.19. The lowest BCUT2D eigenvalue weighted by atomic mass is 10.0. The van der Waals surface area contributed by atoms with Gasteiger partial charge < -0.3 is 15.0 Å². The molecule has 0 saturated carbocycles. The van der Waals surface area contributed by atoms with Crippen molar-refractivity contribution in [2.75, 3.05) is 27.2 Å². The molecule has 1 saturated heterocycles. The van der Waals surface area contributed by atoms with Crippen LogP contribution in [0.25, 0.3) is 0 Å². The van der Waals surface area contributed by atoms with Gasteiger partial charge in [-0.25, -0.2) is 8.42 Å². The van der Waals surface area contributed by atoms with Gasteiger partial charge in [-0.1, -0.05) is 13.8 Å². The lowest BCUT2D eigenvalue weighted by molar-refractivity contribution is -0.135. The number of amides is 1. The minimum Gasteiger partial charge on any atom is -0.497 e. The van der Waals surface area contributed by atoms with Crippen LogP contribution in [0, 0.1) is 5.92 Å². The van der Waals surface area contributed by atoms with Crippen LogP contribution in [0.1, 0.15) is 26.7 Å². The number of likely N-dealkylation sites (tertiary alicyclic amines) is 1. The molecule has 1 aliphatic rings. The van der Waals surface area contributed by atoms with E-state index in [-0.39, 0.29) is 35.2 Å². The molecule has 1 aliphatic heterocycles. The number of carbonyl (C=O) groups excluding carboxylic acids is 1. The van der Waals surface area contributed by atoms with Crippen LogP contribution in [0.4, 0.5) is 0 Å². The zero-order valence-electron chi connectivity index (χ0n) is 16.3. The largest absolute Gasteiger partial charge is 0.497 e. The first-order chi connectivity index (χ1) is 12.3. The zero-order chi connectivity index (χ0) is 19.3. The van der Waals surface area contributed by atoms with E-state index in [1.807, 2.05) is 20.9 Å². The molecule has 2 atom stereocenters. The molecule has 0 radical (unpaired) electrons. The molecule has 1 heterocycles. The van der Waals surface area contributed by atoms with E-state index in [1.54, 1.807) is 17.0 Å². The van der Waals surface area contributed by atoms with Crippen LogP contribution in [-0.2, 0) is 14.8 Å². The molecule has 1 aromatic rings. The summed E-state index contributed by atoms with van der Waals surface area (Å²) in [4.78, 5) is 14.8. The van der Waals surface area contributed by atoms with Gasteiger partial charge in [0, 0.05) is 19.1 Å². The smallest absolute Gasteiger partial charge is 0.241 e. The topological polar surface area (TPSA) is 87.7 Å². The molecule has 0 aromatic heterocycles. The van der Waals surface area contributed by atoms with E-state index in [0.717, 1.165) is 12.8 Å². The molecule has 2 rings (SSSR count). The minimum atomic E-state index is -3.80. The Balaban J connectivity index is 0.00000364. The van der Waals surface area contributed by atoms with Gasteiger partial charge in [-0.2, -0.15) is 4.72 Å².